The van der Waals surface area contributed by atoms with Crippen molar-refractivity contribution in [3.8, 4) is 0 Å². The lowest BCUT2D eigenvalue weighted by Crippen LogP contribution is -2.38. The minimum Gasteiger partial charge on any atom is -0.469 e. The van der Waals surface area contributed by atoms with Gasteiger partial charge in [0.15, 0.2) is 0 Å². The number of likely N-dealkylation sites (tertiary alicyclic amines) is 1. The van der Waals surface area contributed by atoms with E-state index in [1.54, 1.807) is 0 Å². The zero-order valence-corrected chi connectivity index (χ0v) is 11.9. The van der Waals surface area contributed by atoms with Crippen molar-refractivity contribution in [1.29, 1.82) is 0 Å². The largest absolute Gasteiger partial charge is 0.469 e. The lowest BCUT2D eigenvalue weighted by Gasteiger charge is -2.31. The summed E-state index contributed by atoms with van der Waals surface area (Å²) >= 11 is 3.48. The van der Waals surface area contributed by atoms with Gasteiger partial charge in [-0.3, -0.25) is 9.59 Å². The SMILES string of the molecule is COC(=O)CCCC(=O)N1CCC(CBr)CC1. The molecule has 0 spiro atoms. The number of halogens is 1. The van der Waals surface area contributed by atoms with Gasteiger partial charge in [0.25, 0.3) is 0 Å². The average Bonchev–Trinajstić information content (AvgIpc) is 2.38. The van der Waals surface area contributed by atoms with E-state index in [1.807, 2.05) is 4.90 Å². The Balaban J connectivity index is 2.18. The van der Waals surface area contributed by atoms with Crippen LogP contribution < -0.4 is 0 Å². The fourth-order valence-electron chi connectivity index (χ4n) is 1.98. The van der Waals surface area contributed by atoms with Crippen LogP contribution in [0.3, 0.4) is 0 Å². The van der Waals surface area contributed by atoms with Crippen molar-refractivity contribution in [2.75, 3.05) is 25.5 Å². The molecule has 1 aliphatic heterocycles. The minimum absolute atomic E-state index is 0.168. The van der Waals surface area contributed by atoms with E-state index in [-0.39, 0.29) is 11.9 Å². The first-order valence-electron chi connectivity index (χ1n) is 6.08. The molecular weight excluding hydrogens is 286 g/mol. The molecule has 0 aliphatic carbocycles. The Morgan fingerprint density at radius 3 is 2.47 bits per heavy atom. The summed E-state index contributed by atoms with van der Waals surface area (Å²) in [6, 6.07) is 0. The van der Waals surface area contributed by atoms with Crippen LogP contribution in [0.4, 0.5) is 0 Å². The molecule has 98 valence electrons. The quantitative estimate of drug-likeness (QED) is 0.576. The molecule has 17 heavy (non-hydrogen) atoms. The average molecular weight is 306 g/mol. The summed E-state index contributed by atoms with van der Waals surface area (Å²) in [7, 11) is 1.37. The monoisotopic (exact) mass is 305 g/mol. The fourth-order valence-corrected chi connectivity index (χ4v) is 2.63. The molecule has 0 aromatic heterocycles. The number of hydrogen-bond donors (Lipinski definition) is 0. The van der Waals surface area contributed by atoms with Crippen molar-refractivity contribution >= 4 is 27.8 Å². The number of esters is 1. The molecule has 0 radical (unpaired) electrons. The number of hydrogen-bond acceptors (Lipinski definition) is 3. The number of ether oxygens (including phenoxy) is 1. The summed E-state index contributed by atoms with van der Waals surface area (Å²) in [5.41, 5.74) is 0. The molecule has 0 bridgehead atoms. The van der Waals surface area contributed by atoms with Gasteiger partial charge in [-0.05, 0) is 25.2 Å². The summed E-state index contributed by atoms with van der Waals surface area (Å²) in [4.78, 5) is 24.6. The summed E-state index contributed by atoms with van der Waals surface area (Å²) in [6.07, 6.45) is 3.53. The maximum Gasteiger partial charge on any atom is 0.305 e. The second-order valence-electron chi connectivity index (χ2n) is 4.41. The number of carbonyl (C=O) groups excluding carboxylic acids is 2. The van der Waals surface area contributed by atoms with Gasteiger partial charge < -0.3 is 9.64 Å². The van der Waals surface area contributed by atoms with Crippen LogP contribution in [-0.4, -0.2) is 42.3 Å². The van der Waals surface area contributed by atoms with Crippen LogP contribution in [0.15, 0.2) is 0 Å². The van der Waals surface area contributed by atoms with Gasteiger partial charge in [-0.25, -0.2) is 0 Å². The third kappa shape index (κ3) is 5.06. The molecule has 1 heterocycles. The van der Waals surface area contributed by atoms with E-state index >= 15 is 0 Å². The summed E-state index contributed by atoms with van der Waals surface area (Å²) < 4.78 is 4.54. The Hall–Kier alpha value is -0.580. The number of nitrogens with zero attached hydrogens (tertiary/aromatic N) is 1. The predicted octanol–water partition coefficient (Wildman–Crippen LogP) is 1.96. The third-order valence-corrected chi connectivity index (χ3v) is 4.10. The summed E-state index contributed by atoms with van der Waals surface area (Å²) in [5.74, 6) is 0.631. The second kappa shape index (κ2) is 7.69. The van der Waals surface area contributed by atoms with E-state index in [0.717, 1.165) is 31.3 Å². The summed E-state index contributed by atoms with van der Waals surface area (Å²) in [5, 5.41) is 1.03. The molecular formula is C12H20BrNO3. The number of alkyl halides is 1. The number of carbonyl (C=O) groups is 2. The van der Waals surface area contributed by atoms with Crippen molar-refractivity contribution < 1.29 is 14.3 Å². The van der Waals surface area contributed by atoms with Gasteiger partial charge in [-0.15, -0.1) is 0 Å². The number of rotatable bonds is 5. The second-order valence-corrected chi connectivity index (χ2v) is 5.06. The van der Waals surface area contributed by atoms with Gasteiger partial charge in [-0.2, -0.15) is 0 Å². The lowest BCUT2D eigenvalue weighted by molar-refractivity contribution is -0.141. The van der Waals surface area contributed by atoms with Crippen LogP contribution in [0.2, 0.25) is 0 Å². The van der Waals surface area contributed by atoms with Crippen molar-refractivity contribution in [1.82, 2.24) is 4.90 Å². The van der Waals surface area contributed by atoms with E-state index in [0.29, 0.717) is 25.2 Å². The molecule has 1 saturated heterocycles. The molecule has 0 N–H and O–H groups in total. The first-order valence-corrected chi connectivity index (χ1v) is 7.20. The highest BCUT2D eigenvalue weighted by atomic mass is 79.9. The van der Waals surface area contributed by atoms with Gasteiger partial charge in [0.05, 0.1) is 7.11 Å². The molecule has 0 aromatic rings. The van der Waals surface area contributed by atoms with Gasteiger partial charge in [0.2, 0.25) is 5.91 Å². The molecule has 0 unspecified atom stereocenters. The van der Waals surface area contributed by atoms with Gasteiger partial charge in [-0.1, -0.05) is 15.9 Å². The summed E-state index contributed by atoms with van der Waals surface area (Å²) in [6.45, 7) is 1.71. The first kappa shape index (κ1) is 14.5. The van der Waals surface area contributed by atoms with Gasteiger partial charge >= 0.3 is 5.97 Å². The van der Waals surface area contributed by atoms with Crippen molar-refractivity contribution in [2.45, 2.75) is 32.1 Å². The highest BCUT2D eigenvalue weighted by Crippen LogP contribution is 2.19. The van der Waals surface area contributed by atoms with E-state index in [4.69, 9.17) is 0 Å². The van der Waals surface area contributed by atoms with Crippen LogP contribution in [0, 0.1) is 5.92 Å². The number of piperidine rings is 1. The van der Waals surface area contributed by atoms with Crippen LogP contribution >= 0.6 is 15.9 Å². The minimum atomic E-state index is -0.240. The fraction of sp³-hybridized carbons (Fsp3) is 0.833. The molecule has 1 fully saturated rings. The Morgan fingerprint density at radius 1 is 1.29 bits per heavy atom. The molecule has 4 nitrogen and oxygen atoms in total. The smallest absolute Gasteiger partial charge is 0.305 e. The van der Waals surface area contributed by atoms with Crippen LogP contribution in [0.1, 0.15) is 32.1 Å². The molecule has 0 saturated carbocycles. The highest BCUT2D eigenvalue weighted by Gasteiger charge is 2.21. The zero-order chi connectivity index (χ0) is 12.7. The number of amides is 1. The van der Waals surface area contributed by atoms with Crippen LogP contribution in [0.25, 0.3) is 0 Å². The Kier molecular flexibility index (Phi) is 6.55. The standard InChI is InChI=1S/C12H20BrNO3/c1-17-12(16)4-2-3-11(15)14-7-5-10(9-13)6-8-14/h10H,2-9H2,1H3. The first-order chi connectivity index (χ1) is 8.17. The topological polar surface area (TPSA) is 46.6 Å². The Morgan fingerprint density at radius 2 is 1.94 bits per heavy atom. The predicted molar refractivity (Wildman–Crippen MR) is 69.0 cm³/mol. The van der Waals surface area contributed by atoms with Crippen LogP contribution in [0.5, 0.6) is 0 Å². The maximum absolute atomic E-state index is 11.8. The highest BCUT2D eigenvalue weighted by molar-refractivity contribution is 9.09. The van der Waals surface area contributed by atoms with Crippen LogP contribution in [-0.2, 0) is 14.3 Å². The zero-order valence-electron chi connectivity index (χ0n) is 10.3. The molecule has 1 amide bonds. The van der Waals surface area contributed by atoms with Crippen molar-refractivity contribution in [3.63, 3.8) is 0 Å². The van der Waals surface area contributed by atoms with Gasteiger partial charge in [0.1, 0.15) is 0 Å². The third-order valence-electron chi connectivity index (χ3n) is 3.18. The molecule has 1 rings (SSSR count). The lowest BCUT2D eigenvalue weighted by atomic mass is 9.99. The molecule has 0 aromatic carbocycles. The Labute approximate surface area is 111 Å². The number of methoxy groups -OCH3 is 1. The Bertz CT molecular complexity index is 262. The van der Waals surface area contributed by atoms with E-state index in [2.05, 4.69) is 20.7 Å². The van der Waals surface area contributed by atoms with Gasteiger partial charge in [0, 0.05) is 31.3 Å². The molecule has 0 atom stereocenters. The van der Waals surface area contributed by atoms with E-state index < -0.39 is 0 Å². The van der Waals surface area contributed by atoms with Crippen molar-refractivity contribution in [3.05, 3.63) is 0 Å². The van der Waals surface area contributed by atoms with Crippen molar-refractivity contribution in [2.24, 2.45) is 5.92 Å². The normalized spacial score (nSPS) is 16.9. The van der Waals surface area contributed by atoms with E-state index in [1.165, 1.54) is 7.11 Å². The molecule has 5 heteroatoms. The maximum atomic E-state index is 11.8. The molecule has 1 aliphatic rings. The van der Waals surface area contributed by atoms with E-state index in [9.17, 15) is 9.59 Å².